The number of primary amides is 1. The molecule has 0 aromatic carbocycles. The fourth-order valence-electron chi connectivity index (χ4n) is 2.91. The van der Waals surface area contributed by atoms with Gasteiger partial charge in [0.1, 0.15) is 24.2 Å². The Labute approximate surface area is 206 Å². The van der Waals surface area contributed by atoms with Crippen LogP contribution in [0.3, 0.4) is 0 Å². The van der Waals surface area contributed by atoms with Crippen molar-refractivity contribution < 1.29 is 34.2 Å². The highest BCUT2D eigenvalue weighted by Gasteiger charge is 2.31. The number of aromatic amines is 1. The van der Waals surface area contributed by atoms with Crippen LogP contribution in [0, 0.1) is 0 Å². The third kappa shape index (κ3) is 10.7. The Hall–Kier alpha value is -3.17. The molecule has 35 heavy (non-hydrogen) atoms. The molecule has 0 aliphatic carbocycles. The van der Waals surface area contributed by atoms with Crippen molar-refractivity contribution in [3.8, 4) is 0 Å². The van der Waals surface area contributed by atoms with E-state index >= 15 is 0 Å². The van der Waals surface area contributed by atoms with Crippen LogP contribution in [-0.2, 0) is 30.4 Å². The molecule has 5 atom stereocenters. The molecule has 14 nitrogen and oxygen atoms in total. The quantitative estimate of drug-likeness (QED) is 0.112. The lowest BCUT2D eigenvalue weighted by molar-refractivity contribution is -0.142. The number of carbonyl (C=O) groups is 5. The zero-order valence-corrected chi connectivity index (χ0v) is 20.3. The van der Waals surface area contributed by atoms with Gasteiger partial charge in [-0.3, -0.25) is 19.2 Å². The Bertz CT molecular complexity index is 866. The maximum absolute atomic E-state index is 12.9. The number of aliphatic hydroxyl groups excluding tert-OH is 1. The predicted molar refractivity (Wildman–Crippen MR) is 127 cm³/mol. The largest absolute Gasteiger partial charge is 0.480 e. The number of aliphatic carboxylic acids is 1. The molecule has 0 spiro atoms. The normalized spacial score (nSPS) is 15.2. The van der Waals surface area contributed by atoms with Crippen molar-refractivity contribution in [3.05, 3.63) is 18.2 Å². The lowest BCUT2D eigenvalue weighted by atomic mass is 10.1. The van der Waals surface area contributed by atoms with Gasteiger partial charge in [-0.05, 0) is 31.8 Å². The van der Waals surface area contributed by atoms with Crippen molar-refractivity contribution >= 4 is 41.4 Å². The highest BCUT2D eigenvalue weighted by Crippen LogP contribution is 2.06. The minimum absolute atomic E-state index is 0.0960. The van der Waals surface area contributed by atoms with E-state index in [0.29, 0.717) is 11.4 Å². The van der Waals surface area contributed by atoms with Crippen LogP contribution in [0.4, 0.5) is 0 Å². The van der Waals surface area contributed by atoms with Crippen LogP contribution in [0.2, 0.25) is 0 Å². The van der Waals surface area contributed by atoms with E-state index in [9.17, 15) is 34.2 Å². The van der Waals surface area contributed by atoms with E-state index in [1.807, 2.05) is 0 Å². The zero-order valence-electron chi connectivity index (χ0n) is 19.5. The molecule has 0 aliphatic rings. The van der Waals surface area contributed by atoms with Crippen LogP contribution in [0.5, 0.6) is 0 Å². The molecule has 4 amide bonds. The Morgan fingerprint density at radius 1 is 1.06 bits per heavy atom. The van der Waals surface area contributed by atoms with Gasteiger partial charge in [-0.1, -0.05) is 0 Å². The molecule has 10 N–H and O–H groups in total. The molecule has 5 unspecified atom stereocenters. The first-order valence-corrected chi connectivity index (χ1v) is 12.2. The number of carboxylic acid groups (broad SMARTS) is 1. The first-order chi connectivity index (χ1) is 16.5. The summed E-state index contributed by atoms with van der Waals surface area (Å²) in [7, 11) is 0. The first kappa shape index (κ1) is 29.9. The second-order valence-electron chi connectivity index (χ2n) is 7.86. The summed E-state index contributed by atoms with van der Waals surface area (Å²) in [4.78, 5) is 67.6. The number of thioether (sulfide) groups is 1. The second kappa shape index (κ2) is 15.0. The highest BCUT2D eigenvalue weighted by molar-refractivity contribution is 7.98. The second-order valence-corrected chi connectivity index (χ2v) is 8.84. The number of carboxylic acids is 1. The summed E-state index contributed by atoms with van der Waals surface area (Å²) in [5, 5.41) is 26.3. The van der Waals surface area contributed by atoms with E-state index in [-0.39, 0.29) is 25.7 Å². The fourth-order valence-corrected chi connectivity index (χ4v) is 3.38. The molecule has 196 valence electrons. The van der Waals surface area contributed by atoms with Crippen LogP contribution in [0.1, 0.15) is 31.9 Å². The minimum atomic E-state index is -1.34. The number of rotatable bonds is 16. The van der Waals surface area contributed by atoms with E-state index in [4.69, 9.17) is 11.5 Å². The summed E-state index contributed by atoms with van der Waals surface area (Å²) in [6.45, 7) is 1.33. The summed E-state index contributed by atoms with van der Waals surface area (Å²) >= 11 is 1.42. The van der Waals surface area contributed by atoms with Gasteiger partial charge < -0.3 is 42.6 Å². The molecule has 1 heterocycles. The molecule has 1 rings (SSSR count). The molecule has 0 saturated heterocycles. The molecule has 0 saturated carbocycles. The number of imidazole rings is 1. The van der Waals surface area contributed by atoms with Crippen LogP contribution in [0.15, 0.2) is 12.5 Å². The molecule has 0 bridgehead atoms. The number of nitrogens with one attached hydrogen (secondary N) is 4. The number of nitrogens with two attached hydrogens (primary N) is 2. The Balaban J connectivity index is 3.00. The van der Waals surface area contributed by atoms with Crippen molar-refractivity contribution in [2.24, 2.45) is 11.5 Å². The fraction of sp³-hybridized carbons (Fsp3) is 0.600. The van der Waals surface area contributed by atoms with Crippen molar-refractivity contribution in [3.63, 3.8) is 0 Å². The van der Waals surface area contributed by atoms with E-state index in [2.05, 4.69) is 25.9 Å². The smallest absolute Gasteiger partial charge is 0.326 e. The minimum Gasteiger partial charge on any atom is -0.480 e. The molecule has 15 heteroatoms. The number of hydrogen-bond donors (Lipinski definition) is 8. The first-order valence-electron chi connectivity index (χ1n) is 10.8. The molecule has 1 aromatic rings. The van der Waals surface area contributed by atoms with Crippen LogP contribution in [0.25, 0.3) is 0 Å². The molecule has 0 aliphatic heterocycles. The van der Waals surface area contributed by atoms with E-state index < -0.39 is 59.9 Å². The Morgan fingerprint density at radius 3 is 2.11 bits per heavy atom. The molecule has 1 aromatic heterocycles. The molecule has 0 radical (unpaired) electrons. The van der Waals surface area contributed by atoms with Gasteiger partial charge in [0, 0.05) is 24.7 Å². The number of aromatic nitrogens is 2. The number of carbonyl (C=O) groups excluding carboxylic acids is 4. The summed E-state index contributed by atoms with van der Waals surface area (Å²) < 4.78 is 0. The average molecular weight is 516 g/mol. The summed E-state index contributed by atoms with van der Waals surface area (Å²) in [5.41, 5.74) is 11.3. The number of hydrogen-bond acceptors (Lipinski definition) is 9. The maximum atomic E-state index is 12.9. The van der Waals surface area contributed by atoms with Gasteiger partial charge in [-0.15, -0.1) is 0 Å². The molecular weight excluding hydrogens is 482 g/mol. The lowest BCUT2D eigenvalue weighted by Crippen LogP contribution is -2.58. The molecular formula is C20H33N7O7S. The Kier molecular flexibility index (Phi) is 12.8. The summed E-state index contributed by atoms with van der Waals surface area (Å²) in [5.74, 6) is -3.90. The molecule has 0 fully saturated rings. The van der Waals surface area contributed by atoms with Crippen molar-refractivity contribution in [2.45, 2.75) is 62.9 Å². The van der Waals surface area contributed by atoms with Gasteiger partial charge in [0.05, 0.1) is 12.4 Å². The number of H-pyrrole nitrogens is 1. The number of nitrogens with zero attached hydrogens (tertiary/aromatic N) is 1. The van der Waals surface area contributed by atoms with Gasteiger partial charge in [-0.25, -0.2) is 9.78 Å². The average Bonchev–Trinajstić information content (AvgIpc) is 3.30. The van der Waals surface area contributed by atoms with Crippen molar-refractivity contribution in [2.75, 3.05) is 12.0 Å². The van der Waals surface area contributed by atoms with Crippen LogP contribution in [-0.4, -0.2) is 92.1 Å². The maximum Gasteiger partial charge on any atom is 0.326 e. The third-order valence-corrected chi connectivity index (χ3v) is 5.62. The number of aliphatic hydroxyl groups is 1. The SMILES string of the molecule is CSCCC(NC(=O)C(N)C(C)O)C(=O)NC(CCC(N)=O)C(=O)NC(Cc1cnc[nH]1)C(=O)O. The lowest BCUT2D eigenvalue weighted by Gasteiger charge is -2.25. The van der Waals surface area contributed by atoms with E-state index in [1.54, 1.807) is 6.26 Å². The van der Waals surface area contributed by atoms with Gasteiger partial charge in [0.2, 0.25) is 23.6 Å². The van der Waals surface area contributed by atoms with E-state index in [1.165, 1.54) is 31.2 Å². The standard InChI is InChI=1S/C20H33N7O7S/c1-10(28)16(22)19(32)26-13(5-6-35-2)18(31)25-12(3-4-15(21)29)17(30)27-14(20(33)34)7-11-8-23-9-24-11/h8-10,12-14,16,28H,3-7,22H2,1-2H3,(H2,21,29)(H,23,24)(H,25,31)(H,26,32)(H,27,30)(H,33,34). The third-order valence-electron chi connectivity index (χ3n) is 4.97. The van der Waals surface area contributed by atoms with Crippen LogP contribution < -0.4 is 27.4 Å². The summed E-state index contributed by atoms with van der Waals surface area (Å²) in [6.07, 6.45) is 3.05. The topological polar surface area (TPSA) is 243 Å². The van der Waals surface area contributed by atoms with Gasteiger partial charge in [-0.2, -0.15) is 11.8 Å². The number of amides is 4. The van der Waals surface area contributed by atoms with Crippen molar-refractivity contribution in [1.29, 1.82) is 0 Å². The van der Waals surface area contributed by atoms with E-state index in [0.717, 1.165) is 0 Å². The highest BCUT2D eigenvalue weighted by atomic mass is 32.2. The zero-order chi connectivity index (χ0) is 26.5. The Morgan fingerprint density at radius 2 is 1.63 bits per heavy atom. The van der Waals surface area contributed by atoms with Crippen LogP contribution >= 0.6 is 11.8 Å². The van der Waals surface area contributed by atoms with Gasteiger partial charge >= 0.3 is 5.97 Å². The van der Waals surface area contributed by atoms with Gasteiger partial charge in [0.25, 0.3) is 0 Å². The predicted octanol–water partition coefficient (Wildman–Crippen LogP) is -2.78. The monoisotopic (exact) mass is 515 g/mol. The van der Waals surface area contributed by atoms with Gasteiger partial charge in [0.15, 0.2) is 0 Å². The van der Waals surface area contributed by atoms with Crippen molar-refractivity contribution in [1.82, 2.24) is 25.9 Å². The summed E-state index contributed by atoms with van der Waals surface area (Å²) in [6, 6.07) is -5.01.